The zero-order valence-corrected chi connectivity index (χ0v) is 16.2. The first kappa shape index (κ1) is 18.2. The van der Waals surface area contributed by atoms with Crippen LogP contribution < -0.4 is 9.64 Å². The molecule has 28 heavy (non-hydrogen) atoms. The predicted octanol–water partition coefficient (Wildman–Crippen LogP) is 3.78. The number of methoxy groups -OCH3 is 1. The lowest BCUT2D eigenvalue weighted by atomic mass is 10.1. The molecule has 0 spiro atoms. The molecule has 1 aliphatic rings. The number of hydrogen-bond acceptors (Lipinski definition) is 4. The lowest BCUT2D eigenvalue weighted by molar-refractivity contribution is 0.0975. The van der Waals surface area contributed by atoms with E-state index in [0.717, 1.165) is 17.0 Å². The van der Waals surface area contributed by atoms with Crippen LogP contribution in [0.4, 0.5) is 5.69 Å². The Kier molecular flexibility index (Phi) is 5.10. The Hall–Kier alpha value is -3.15. The number of carbonyl (C=O) groups is 1. The van der Waals surface area contributed by atoms with E-state index in [4.69, 9.17) is 4.74 Å². The van der Waals surface area contributed by atoms with E-state index >= 15 is 0 Å². The summed E-state index contributed by atoms with van der Waals surface area (Å²) in [6.07, 6.45) is 5.56. The number of anilines is 1. The second-order valence-corrected chi connectivity index (χ2v) is 7.24. The number of hydrogen-bond donors (Lipinski definition) is 0. The number of aromatic nitrogens is 3. The second-order valence-electron chi connectivity index (χ2n) is 7.24. The molecule has 1 aliphatic carbocycles. The largest absolute Gasteiger partial charge is 0.497 e. The van der Waals surface area contributed by atoms with Crippen LogP contribution in [0, 0.1) is 5.92 Å². The quantitative estimate of drug-likeness (QED) is 0.630. The van der Waals surface area contributed by atoms with Gasteiger partial charge >= 0.3 is 0 Å². The zero-order chi connectivity index (χ0) is 19.5. The Morgan fingerprint density at radius 1 is 1.18 bits per heavy atom. The van der Waals surface area contributed by atoms with Gasteiger partial charge in [-0.2, -0.15) is 5.10 Å². The third-order valence-corrected chi connectivity index (χ3v) is 5.29. The first-order chi connectivity index (χ1) is 13.7. The van der Waals surface area contributed by atoms with Crippen molar-refractivity contribution in [2.75, 3.05) is 12.0 Å². The van der Waals surface area contributed by atoms with Crippen molar-refractivity contribution in [3.63, 3.8) is 0 Å². The Labute approximate surface area is 164 Å². The maximum absolute atomic E-state index is 13.4. The summed E-state index contributed by atoms with van der Waals surface area (Å²) >= 11 is 0. The van der Waals surface area contributed by atoms with Crippen LogP contribution in [-0.2, 0) is 6.54 Å². The van der Waals surface area contributed by atoms with Crippen molar-refractivity contribution in [2.45, 2.75) is 32.4 Å². The number of ether oxygens (including phenoxy) is 1. The van der Waals surface area contributed by atoms with Crippen molar-refractivity contribution in [2.24, 2.45) is 5.92 Å². The Balaban J connectivity index is 1.57. The summed E-state index contributed by atoms with van der Waals surface area (Å²) < 4.78 is 7.02. The fourth-order valence-electron chi connectivity index (χ4n) is 3.46. The van der Waals surface area contributed by atoms with Crippen LogP contribution in [0.15, 0.2) is 61.2 Å². The Bertz CT molecular complexity index is 916. The molecule has 4 rings (SSSR count). The van der Waals surface area contributed by atoms with E-state index < -0.39 is 0 Å². The van der Waals surface area contributed by atoms with Gasteiger partial charge in [-0.15, -0.1) is 0 Å². The highest BCUT2D eigenvalue weighted by atomic mass is 16.5. The van der Waals surface area contributed by atoms with Crippen molar-refractivity contribution in [1.82, 2.24) is 14.8 Å². The van der Waals surface area contributed by atoms with Crippen LogP contribution in [0.5, 0.6) is 5.75 Å². The van der Waals surface area contributed by atoms with Crippen molar-refractivity contribution in [3.05, 3.63) is 72.3 Å². The van der Waals surface area contributed by atoms with Gasteiger partial charge in [0.05, 0.1) is 13.7 Å². The molecule has 1 fully saturated rings. The number of amides is 1. The fourth-order valence-corrected chi connectivity index (χ4v) is 3.46. The SMILES string of the molecule is COc1ccc(N(C(=O)c2ccc(Cn3cncn3)cc2)C(C)C2CC2)cc1. The third-order valence-electron chi connectivity index (χ3n) is 5.29. The van der Waals surface area contributed by atoms with E-state index in [1.807, 2.05) is 53.4 Å². The van der Waals surface area contributed by atoms with Gasteiger partial charge in [-0.25, -0.2) is 9.67 Å². The summed E-state index contributed by atoms with van der Waals surface area (Å²) in [4.78, 5) is 19.2. The van der Waals surface area contributed by atoms with Crippen LogP contribution in [0.3, 0.4) is 0 Å². The molecule has 3 aromatic rings. The minimum atomic E-state index is 0.0249. The molecule has 1 unspecified atom stereocenters. The highest BCUT2D eigenvalue weighted by Gasteiger charge is 2.35. The summed E-state index contributed by atoms with van der Waals surface area (Å²) in [5.41, 5.74) is 2.66. The molecule has 1 atom stereocenters. The molecule has 1 amide bonds. The maximum Gasteiger partial charge on any atom is 0.258 e. The molecule has 0 aliphatic heterocycles. The van der Waals surface area contributed by atoms with E-state index in [-0.39, 0.29) is 11.9 Å². The molecule has 6 nitrogen and oxygen atoms in total. The Morgan fingerprint density at radius 3 is 2.46 bits per heavy atom. The van der Waals surface area contributed by atoms with Crippen molar-refractivity contribution in [3.8, 4) is 5.75 Å². The van der Waals surface area contributed by atoms with Crippen molar-refractivity contribution < 1.29 is 9.53 Å². The minimum absolute atomic E-state index is 0.0249. The molecule has 6 heteroatoms. The molecule has 0 saturated heterocycles. The van der Waals surface area contributed by atoms with Gasteiger partial charge in [-0.1, -0.05) is 12.1 Å². The van der Waals surface area contributed by atoms with E-state index in [1.165, 1.54) is 19.2 Å². The average Bonchev–Trinajstić information content (AvgIpc) is 3.46. The van der Waals surface area contributed by atoms with Gasteiger partial charge in [-0.3, -0.25) is 4.79 Å². The van der Waals surface area contributed by atoms with Gasteiger partial charge in [-0.05, 0) is 67.6 Å². The van der Waals surface area contributed by atoms with E-state index in [0.29, 0.717) is 18.0 Å². The van der Waals surface area contributed by atoms with Gasteiger partial charge in [0.2, 0.25) is 0 Å². The molecule has 1 heterocycles. The molecule has 0 N–H and O–H groups in total. The van der Waals surface area contributed by atoms with Crippen LogP contribution in [0.2, 0.25) is 0 Å². The summed E-state index contributed by atoms with van der Waals surface area (Å²) in [5, 5.41) is 4.12. The summed E-state index contributed by atoms with van der Waals surface area (Å²) in [7, 11) is 1.64. The second kappa shape index (κ2) is 7.84. The average molecular weight is 376 g/mol. The van der Waals surface area contributed by atoms with Crippen LogP contribution in [0.1, 0.15) is 35.7 Å². The van der Waals surface area contributed by atoms with Crippen molar-refractivity contribution in [1.29, 1.82) is 0 Å². The highest BCUT2D eigenvalue weighted by Crippen LogP contribution is 2.38. The molecular formula is C22H24N4O2. The van der Waals surface area contributed by atoms with Gasteiger partial charge in [0.1, 0.15) is 18.4 Å². The van der Waals surface area contributed by atoms with Gasteiger partial charge in [0.25, 0.3) is 5.91 Å². The normalized spacial score (nSPS) is 14.5. The van der Waals surface area contributed by atoms with E-state index in [1.54, 1.807) is 18.1 Å². The molecule has 2 aromatic carbocycles. The summed E-state index contributed by atoms with van der Waals surface area (Å²) in [5.74, 6) is 1.38. The van der Waals surface area contributed by atoms with E-state index in [9.17, 15) is 4.79 Å². The van der Waals surface area contributed by atoms with Gasteiger partial charge in [0, 0.05) is 17.3 Å². The lowest BCUT2D eigenvalue weighted by Crippen LogP contribution is -2.40. The first-order valence-corrected chi connectivity index (χ1v) is 9.54. The van der Waals surface area contributed by atoms with Crippen LogP contribution in [-0.4, -0.2) is 33.8 Å². The molecule has 0 bridgehead atoms. The van der Waals surface area contributed by atoms with Crippen molar-refractivity contribution >= 4 is 11.6 Å². The predicted molar refractivity (Wildman–Crippen MR) is 108 cm³/mol. The molecule has 1 aromatic heterocycles. The molecule has 144 valence electrons. The fraction of sp³-hybridized carbons (Fsp3) is 0.318. The standard InChI is InChI=1S/C22H24N4O2/c1-16(18-7-8-18)26(20-9-11-21(28-2)12-10-20)22(27)19-5-3-17(4-6-19)13-25-15-23-14-24-25/h3-6,9-12,14-16,18H,7-8,13H2,1-2H3. The number of benzene rings is 2. The number of carbonyl (C=O) groups excluding carboxylic acids is 1. The molecular weight excluding hydrogens is 352 g/mol. The number of rotatable bonds is 7. The number of nitrogens with zero attached hydrogens (tertiary/aromatic N) is 4. The highest BCUT2D eigenvalue weighted by molar-refractivity contribution is 6.06. The Morgan fingerprint density at radius 2 is 1.89 bits per heavy atom. The van der Waals surface area contributed by atoms with E-state index in [2.05, 4.69) is 17.0 Å². The smallest absolute Gasteiger partial charge is 0.258 e. The van der Waals surface area contributed by atoms with Gasteiger partial charge in [0.15, 0.2) is 0 Å². The first-order valence-electron chi connectivity index (χ1n) is 9.54. The third kappa shape index (κ3) is 3.91. The zero-order valence-electron chi connectivity index (χ0n) is 16.2. The monoisotopic (exact) mass is 376 g/mol. The molecule has 0 radical (unpaired) electrons. The minimum Gasteiger partial charge on any atom is -0.497 e. The summed E-state index contributed by atoms with van der Waals surface area (Å²) in [6.45, 7) is 2.77. The van der Waals surface area contributed by atoms with Gasteiger partial charge < -0.3 is 9.64 Å². The summed E-state index contributed by atoms with van der Waals surface area (Å²) in [6, 6.07) is 15.6. The van der Waals surface area contributed by atoms with Crippen LogP contribution in [0.25, 0.3) is 0 Å². The topological polar surface area (TPSA) is 60.2 Å². The van der Waals surface area contributed by atoms with Crippen LogP contribution >= 0.6 is 0 Å². The maximum atomic E-state index is 13.4. The lowest BCUT2D eigenvalue weighted by Gasteiger charge is -2.30. The molecule has 1 saturated carbocycles.